The van der Waals surface area contributed by atoms with Gasteiger partial charge in [-0.1, -0.05) is 17.7 Å². The lowest BCUT2D eigenvalue weighted by Crippen LogP contribution is -2.44. The van der Waals surface area contributed by atoms with E-state index >= 15 is 0 Å². The first-order valence-corrected chi connectivity index (χ1v) is 9.69. The number of aryl methyl sites for hydroxylation is 1. The zero-order chi connectivity index (χ0) is 17.3. The Balaban J connectivity index is 1.84. The van der Waals surface area contributed by atoms with E-state index in [2.05, 4.69) is 5.10 Å². The predicted octanol–water partition coefficient (Wildman–Crippen LogP) is 1.93. The van der Waals surface area contributed by atoms with Crippen LogP contribution in [-0.2, 0) is 10.0 Å². The number of hydrogen-bond donors (Lipinski definition) is 1. The van der Waals surface area contributed by atoms with Crippen LogP contribution in [0.15, 0.2) is 41.6 Å². The highest BCUT2D eigenvalue weighted by Crippen LogP contribution is 2.25. The lowest BCUT2D eigenvalue weighted by molar-refractivity contribution is 0.243. The van der Waals surface area contributed by atoms with E-state index < -0.39 is 10.0 Å². The van der Waals surface area contributed by atoms with Gasteiger partial charge >= 0.3 is 0 Å². The van der Waals surface area contributed by atoms with Crippen molar-refractivity contribution in [2.24, 2.45) is 11.7 Å². The maximum Gasteiger partial charge on any atom is 0.246 e. The maximum atomic E-state index is 12.9. The minimum atomic E-state index is -3.53. The van der Waals surface area contributed by atoms with E-state index in [4.69, 9.17) is 5.73 Å². The van der Waals surface area contributed by atoms with Crippen LogP contribution in [0.4, 0.5) is 0 Å². The molecule has 1 aliphatic rings. The van der Waals surface area contributed by atoms with Crippen molar-refractivity contribution in [1.29, 1.82) is 0 Å². The molecule has 2 heterocycles. The molecule has 24 heavy (non-hydrogen) atoms. The first kappa shape index (κ1) is 17.1. The van der Waals surface area contributed by atoms with E-state index in [-0.39, 0.29) is 16.9 Å². The fraction of sp³-hybridized carbons (Fsp3) is 0.471. The van der Waals surface area contributed by atoms with Crippen LogP contribution in [0.1, 0.15) is 25.3 Å². The van der Waals surface area contributed by atoms with Gasteiger partial charge < -0.3 is 5.73 Å². The summed E-state index contributed by atoms with van der Waals surface area (Å²) in [6.45, 7) is 4.97. The molecule has 0 unspecified atom stereocenters. The van der Waals surface area contributed by atoms with Crippen molar-refractivity contribution in [2.75, 3.05) is 13.1 Å². The normalized spacial score (nSPS) is 20.9. The third-order valence-electron chi connectivity index (χ3n) is 4.66. The van der Waals surface area contributed by atoms with Crippen molar-refractivity contribution < 1.29 is 8.42 Å². The van der Waals surface area contributed by atoms with E-state index in [1.165, 1.54) is 6.20 Å². The number of rotatable bonds is 4. The van der Waals surface area contributed by atoms with E-state index in [9.17, 15) is 8.42 Å². The third kappa shape index (κ3) is 3.38. The molecule has 1 fully saturated rings. The van der Waals surface area contributed by atoms with Gasteiger partial charge in [0.05, 0.1) is 18.1 Å². The molecule has 1 aromatic carbocycles. The molecule has 2 N–H and O–H groups in total. The third-order valence-corrected chi connectivity index (χ3v) is 6.48. The summed E-state index contributed by atoms with van der Waals surface area (Å²) in [5.74, 6) is 0.209. The standard InChI is InChI=1S/C17H24N4O2S/c1-13-5-7-16(8-6-13)21-12-17(10-19-21)24(22,23)20-9-3-4-15(11-20)14(2)18/h5-8,10,12,14-15H,3-4,9,11,18H2,1-2H3/t14-,15-/m1/s1. The lowest BCUT2D eigenvalue weighted by atomic mass is 9.93. The molecular weight excluding hydrogens is 324 g/mol. The summed E-state index contributed by atoms with van der Waals surface area (Å²) in [5, 5.41) is 4.22. The first-order valence-electron chi connectivity index (χ1n) is 8.25. The van der Waals surface area contributed by atoms with Gasteiger partial charge in [0.1, 0.15) is 4.90 Å². The Labute approximate surface area is 143 Å². The number of nitrogens with two attached hydrogens (primary N) is 1. The molecule has 0 spiro atoms. The minimum Gasteiger partial charge on any atom is -0.328 e. The second-order valence-electron chi connectivity index (χ2n) is 6.58. The zero-order valence-corrected chi connectivity index (χ0v) is 14.9. The largest absolute Gasteiger partial charge is 0.328 e. The van der Waals surface area contributed by atoms with Gasteiger partial charge in [0, 0.05) is 19.1 Å². The van der Waals surface area contributed by atoms with Crippen molar-refractivity contribution >= 4 is 10.0 Å². The fourth-order valence-electron chi connectivity index (χ4n) is 3.05. The maximum absolute atomic E-state index is 12.9. The molecule has 130 valence electrons. The molecule has 0 aliphatic carbocycles. The summed E-state index contributed by atoms with van der Waals surface area (Å²) in [5.41, 5.74) is 7.95. The predicted molar refractivity (Wildman–Crippen MR) is 93.4 cm³/mol. The number of nitrogens with zero attached hydrogens (tertiary/aromatic N) is 3. The smallest absolute Gasteiger partial charge is 0.246 e. The highest BCUT2D eigenvalue weighted by Gasteiger charge is 2.32. The van der Waals surface area contributed by atoms with Gasteiger partial charge in [-0.05, 0) is 44.7 Å². The van der Waals surface area contributed by atoms with Gasteiger partial charge in [-0.2, -0.15) is 9.40 Å². The number of sulfonamides is 1. The molecule has 2 atom stereocenters. The Kier molecular flexibility index (Phi) is 4.76. The monoisotopic (exact) mass is 348 g/mol. The molecule has 6 nitrogen and oxygen atoms in total. The number of aromatic nitrogens is 2. The topological polar surface area (TPSA) is 81.2 Å². The molecule has 1 aromatic heterocycles. The number of benzene rings is 1. The Hall–Kier alpha value is -1.70. The molecule has 1 aliphatic heterocycles. The van der Waals surface area contributed by atoms with Crippen LogP contribution in [0.2, 0.25) is 0 Å². The highest BCUT2D eigenvalue weighted by atomic mass is 32.2. The summed E-state index contributed by atoms with van der Waals surface area (Å²) in [6, 6.07) is 7.79. The lowest BCUT2D eigenvalue weighted by Gasteiger charge is -2.33. The van der Waals surface area contributed by atoms with Crippen molar-refractivity contribution in [1.82, 2.24) is 14.1 Å². The van der Waals surface area contributed by atoms with Crippen molar-refractivity contribution in [3.05, 3.63) is 42.2 Å². The molecule has 0 bridgehead atoms. The summed E-state index contributed by atoms with van der Waals surface area (Å²) in [4.78, 5) is 0.230. The molecule has 7 heteroatoms. The van der Waals surface area contributed by atoms with Crippen LogP contribution < -0.4 is 5.73 Å². The summed E-state index contributed by atoms with van der Waals surface area (Å²) >= 11 is 0. The minimum absolute atomic E-state index is 0.00159. The van der Waals surface area contributed by atoms with Gasteiger partial charge in [-0.3, -0.25) is 0 Å². The molecular formula is C17H24N4O2S. The average Bonchev–Trinajstić information content (AvgIpc) is 3.06. The van der Waals surface area contributed by atoms with Gasteiger partial charge in [-0.25, -0.2) is 13.1 Å². The Morgan fingerprint density at radius 3 is 2.67 bits per heavy atom. The summed E-state index contributed by atoms with van der Waals surface area (Å²) in [6.07, 6.45) is 4.82. The highest BCUT2D eigenvalue weighted by molar-refractivity contribution is 7.89. The van der Waals surface area contributed by atoms with Crippen LogP contribution in [-0.4, -0.2) is 41.6 Å². The summed E-state index contributed by atoms with van der Waals surface area (Å²) in [7, 11) is -3.53. The molecule has 3 rings (SSSR count). The average molecular weight is 348 g/mol. The van der Waals surface area contributed by atoms with Gasteiger partial charge in [0.25, 0.3) is 0 Å². The molecule has 2 aromatic rings. The zero-order valence-electron chi connectivity index (χ0n) is 14.1. The Morgan fingerprint density at radius 1 is 1.29 bits per heavy atom. The van der Waals surface area contributed by atoms with E-state index in [0.29, 0.717) is 13.1 Å². The van der Waals surface area contributed by atoms with Gasteiger partial charge in [0.15, 0.2) is 0 Å². The van der Waals surface area contributed by atoms with Crippen LogP contribution in [0.3, 0.4) is 0 Å². The van der Waals surface area contributed by atoms with Crippen molar-refractivity contribution in [2.45, 2.75) is 37.6 Å². The molecule has 0 saturated carbocycles. The first-order chi connectivity index (χ1) is 11.4. The van der Waals surface area contributed by atoms with Crippen LogP contribution in [0.5, 0.6) is 0 Å². The van der Waals surface area contributed by atoms with Crippen LogP contribution in [0.25, 0.3) is 5.69 Å². The van der Waals surface area contributed by atoms with Crippen LogP contribution in [0, 0.1) is 12.8 Å². The van der Waals surface area contributed by atoms with E-state index in [1.807, 2.05) is 38.1 Å². The fourth-order valence-corrected chi connectivity index (χ4v) is 4.52. The number of hydrogen-bond acceptors (Lipinski definition) is 4. The second-order valence-corrected chi connectivity index (χ2v) is 8.52. The number of piperidine rings is 1. The molecule has 1 saturated heterocycles. The quantitative estimate of drug-likeness (QED) is 0.915. The van der Waals surface area contributed by atoms with Gasteiger partial charge in [0.2, 0.25) is 10.0 Å². The van der Waals surface area contributed by atoms with E-state index in [0.717, 1.165) is 24.1 Å². The second kappa shape index (κ2) is 6.66. The van der Waals surface area contributed by atoms with Crippen molar-refractivity contribution in [3.8, 4) is 5.69 Å². The molecule has 0 radical (unpaired) electrons. The SMILES string of the molecule is Cc1ccc(-n2cc(S(=O)(=O)N3CCC[C@@H]([C@@H](C)N)C3)cn2)cc1. The molecule has 0 amide bonds. The van der Waals surface area contributed by atoms with E-state index in [1.54, 1.807) is 15.2 Å². The Bertz CT molecular complexity index is 796. The Morgan fingerprint density at radius 2 is 2.00 bits per heavy atom. The van der Waals surface area contributed by atoms with Crippen molar-refractivity contribution in [3.63, 3.8) is 0 Å². The van der Waals surface area contributed by atoms with Crippen LogP contribution >= 0.6 is 0 Å². The summed E-state index contributed by atoms with van der Waals surface area (Å²) < 4.78 is 28.9. The van der Waals surface area contributed by atoms with Gasteiger partial charge in [-0.15, -0.1) is 0 Å².